The molecular weight excluding hydrogens is 1390 g/mol. The number of rotatable bonds is 31. The molecule has 4 aliphatic carbocycles. The van der Waals surface area contributed by atoms with Crippen LogP contribution >= 0.6 is 11.3 Å². The number of carboxylic acids is 2. The molecule has 105 heavy (non-hydrogen) atoms. The van der Waals surface area contributed by atoms with Gasteiger partial charge in [0.1, 0.15) is 36.5 Å². The fraction of sp³-hybridized carbons (Fsp3) is 0.434. The van der Waals surface area contributed by atoms with Crippen molar-refractivity contribution in [3.8, 4) is 28.1 Å². The molecular formula is C76H84N8O19S2. The van der Waals surface area contributed by atoms with Gasteiger partial charge in [-0.15, -0.1) is 0 Å². The summed E-state index contributed by atoms with van der Waals surface area (Å²) in [5.41, 5.74) is 3.88. The van der Waals surface area contributed by atoms with Crippen molar-refractivity contribution in [2.75, 3.05) is 42.6 Å². The van der Waals surface area contributed by atoms with Crippen molar-refractivity contribution in [2.45, 2.75) is 154 Å². The molecule has 3 aromatic heterocycles. The number of Topliss-reactive ketones (excluding diaryl/α,β-unsaturated/α-hetero) is 1. The van der Waals surface area contributed by atoms with Crippen LogP contribution in [0.5, 0.6) is 5.75 Å². The molecule has 554 valence electrons. The van der Waals surface area contributed by atoms with Crippen LogP contribution in [0.15, 0.2) is 115 Å². The number of carboxylic acid groups (broad SMARTS) is 2. The van der Waals surface area contributed by atoms with Gasteiger partial charge in [-0.3, -0.25) is 43.4 Å². The monoisotopic (exact) mass is 1480 g/mol. The lowest BCUT2D eigenvalue weighted by Crippen LogP contribution is -2.61. The lowest BCUT2D eigenvalue weighted by atomic mass is 9.35. The number of amides is 5. The molecule has 4 aromatic carbocycles. The van der Waals surface area contributed by atoms with Crippen molar-refractivity contribution in [1.82, 2.24) is 29.5 Å². The second-order valence-electron chi connectivity index (χ2n) is 29.4. The number of benzene rings is 4. The highest BCUT2D eigenvalue weighted by Gasteiger charge is 2.65. The number of aromatic carboxylic acids is 1. The van der Waals surface area contributed by atoms with Crippen molar-refractivity contribution in [3.63, 3.8) is 0 Å². The molecule has 27 nitrogen and oxygen atoms in total. The number of para-hydroxylation sites is 1. The van der Waals surface area contributed by atoms with Gasteiger partial charge in [-0.05, 0) is 170 Å². The molecule has 7 atom stereocenters. The van der Waals surface area contributed by atoms with Crippen molar-refractivity contribution < 1.29 is 91.1 Å². The number of ether oxygens (including phenoxy) is 3. The molecule has 8 N–H and O–H groups in total. The summed E-state index contributed by atoms with van der Waals surface area (Å²) in [4.78, 5) is 114. The molecule has 5 heterocycles. The van der Waals surface area contributed by atoms with E-state index >= 15 is 0 Å². The molecule has 6 aliphatic rings. The number of carbonyl (C=O) groups is 8. The van der Waals surface area contributed by atoms with E-state index in [-0.39, 0.29) is 114 Å². The summed E-state index contributed by atoms with van der Waals surface area (Å²) in [6, 6.07) is 26.5. The van der Waals surface area contributed by atoms with E-state index in [4.69, 9.17) is 24.3 Å². The predicted octanol–water partition coefficient (Wildman–Crippen LogP) is 10.3. The molecule has 2 aliphatic heterocycles. The van der Waals surface area contributed by atoms with Crippen LogP contribution in [-0.2, 0) is 50.1 Å². The number of unbranched alkanes of at least 4 members (excludes halogenated alkanes) is 2. The molecule has 0 radical (unpaired) electrons. The Morgan fingerprint density at radius 3 is 2.24 bits per heavy atom. The molecule has 29 heteroatoms. The minimum Gasteiger partial charge on any atom is -0.479 e. The highest BCUT2D eigenvalue weighted by atomic mass is 32.2. The third kappa shape index (κ3) is 17.4. The van der Waals surface area contributed by atoms with Crippen molar-refractivity contribution in [1.29, 1.82) is 0 Å². The first kappa shape index (κ1) is 75.1. The summed E-state index contributed by atoms with van der Waals surface area (Å²) in [5, 5.41) is 64.5. The van der Waals surface area contributed by atoms with E-state index in [0.717, 1.165) is 64.7 Å². The number of aliphatic hydroxyl groups is 3. The first-order chi connectivity index (χ1) is 50.0. The lowest BCUT2D eigenvalue weighted by molar-refractivity contribution is -0.271. The second kappa shape index (κ2) is 30.8. The number of fused-ring (bicyclic) bond motifs is 2. The van der Waals surface area contributed by atoms with Gasteiger partial charge in [0.05, 0.1) is 33.5 Å². The first-order valence-corrected chi connectivity index (χ1v) is 37.5. The number of carbonyl (C=O) groups excluding carboxylic acids is 6. The third-order valence-electron chi connectivity index (χ3n) is 20.8. The predicted molar refractivity (Wildman–Crippen MR) is 387 cm³/mol. The number of aliphatic carboxylic acids is 1. The standard InChI is InChI=1S/C76H84N8O19S2/c1-45-53(50-24-25-54(79-62(50)68(93)94)48-23-22-47-14-9-17-51(52(47)36-48)67(92)81-71-80-55-18-6-7-19-58(55)104-71)37-77-84(45)44-76-41-73(2)38-74(3,42-76)40-75(39-73,43-76)29-12-30-82(32-34-105(98,99)100)72(97)101-33-11-13-46-21-26-57(102-70-65(91)63(89)64(90)66(103-70)69(95)96)56(35-46)78-59(86)20-10-16-49(85)15-5-4-8-31-83-60(87)27-28-61(83)88/h6-7,9,11,13-14,17-19,21-28,35-37,63-66,70,89-91H,4-5,8,10,12,15-16,20,29-34,38-44H2,1-3H3,(H,78,86)(H,93,94)(H,95,96)(H,80,81,92)(H,98,99,100)/b13-11+/t63-,64-,65+,66-,70+,73?,74?,75?,76?/m0/s1. The highest BCUT2D eigenvalue weighted by molar-refractivity contribution is 7.85. The smallest absolute Gasteiger partial charge is 0.410 e. The number of anilines is 2. The number of ketones is 1. The number of pyridine rings is 1. The largest absolute Gasteiger partial charge is 0.479 e. The van der Waals surface area contributed by atoms with Crippen LogP contribution in [0.2, 0.25) is 0 Å². The van der Waals surface area contributed by atoms with Crippen LogP contribution < -0.4 is 15.4 Å². The normalized spacial score (nSPS) is 24.1. The van der Waals surface area contributed by atoms with Gasteiger partial charge in [-0.1, -0.05) is 80.1 Å². The van der Waals surface area contributed by atoms with Crippen molar-refractivity contribution >= 4 is 107 Å². The van der Waals surface area contributed by atoms with E-state index in [0.29, 0.717) is 82.7 Å². The molecule has 5 fully saturated rings. The van der Waals surface area contributed by atoms with E-state index in [1.54, 1.807) is 24.4 Å². The van der Waals surface area contributed by atoms with Crippen LogP contribution in [0.3, 0.4) is 0 Å². The van der Waals surface area contributed by atoms with Crippen molar-refractivity contribution in [3.05, 3.63) is 138 Å². The summed E-state index contributed by atoms with van der Waals surface area (Å²) >= 11 is 1.38. The molecule has 2 unspecified atom stereocenters. The fourth-order valence-corrected chi connectivity index (χ4v) is 18.7. The van der Waals surface area contributed by atoms with E-state index < -0.39 is 70.5 Å². The van der Waals surface area contributed by atoms with Gasteiger partial charge < -0.3 is 50.0 Å². The summed E-state index contributed by atoms with van der Waals surface area (Å²) in [6.07, 6.45) is 5.37. The maximum Gasteiger partial charge on any atom is 0.410 e. The Morgan fingerprint density at radius 1 is 0.762 bits per heavy atom. The number of hydrogen-bond acceptors (Lipinski definition) is 20. The summed E-state index contributed by atoms with van der Waals surface area (Å²) < 4.78 is 53.9. The quantitative estimate of drug-likeness (QED) is 0.0114. The number of aliphatic hydroxyl groups excluding tert-OH is 3. The number of aromatic nitrogens is 4. The number of hydrogen-bond donors (Lipinski definition) is 8. The minimum atomic E-state index is -4.51. The number of nitrogens with one attached hydrogen (secondary N) is 2. The summed E-state index contributed by atoms with van der Waals surface area (Å²) in [5.74, 6) is -5.50. The Morgan fingerprint density at radius 2 is 1.50 bits per heavy atom. The van der Waals surface area contributed by atoms with E-state index in [2.05, 4.69) is 29.5 Å². The van der Waals surface area contributed by atoms with Crippen LogP contribution in [0.1, 0.15) is 142 Å². The maximum atomic E-state index is 13.9. The number of nitrogens with zero attached hydrogens (tertiary/aromatic N) is 6. The van der Waals surface area contributed by atoms with Gasteiger partial charge >= 0.3 is 18.0 Å². The molecule has 1 saturated heterocycles. The molecule has 13 rings (SSSR count). The van der Waals surface area contributed by atoms with Crippen LogP contribution in [-0.4, -0.2) is 178 Å². The SMILES string of the molecule is Cc1c(-c2ccc(-c3ccc4cccc(C(=O)Nc5nc6ccccc6s5)c4c3)nc2C(=O)O)cnn1CC12CC3(C)CC(C)(CC(CCCN(CCS(=O)(=O)O)C(=O)OC/C=C/c4ccc(O[C@@H]5O[C@H](C(=O)O)[C@@H](O)[C@H](O)[C@H]5O)c(NC(=O)CCCC(=O)CCCCCN5C(=O)C=CC5=O)c4)(C3)C1)C2. The van der Waals surface area contributed by atoms with Gasteiger partial charge in [-0.2, -0.15) is 13.5 Å². The Labute approximate surface area is 609 Å². The van der Waals surface area contributed by atoms with E-state index in [1.165, 1.54) is 58.7 Å². The zero-order valence-electron chi connectivity index (χ0n) is 58.3. The second-order valence-corrected chi connectivity index (χ2v) is 32.0. The van der Waals surface area contributed by atoms with Gasteiger partial charge in [-0.25, -0.2) is 24.4 Å². The molecule has 0 spiro atoms. The van der Waals surface area contributed by atoms with Crippen molar-refractivity contribution in [2.24, 2.45) is 21.7 Å². The average Bonchev–Trinajstić information content (AvgIpc) is 1.02. The molecule has 5 amide bonds. The van der Waals surface area contributed by atoms with E-state index in [1.807, 2.05) is 66.2 Å². The zero-order chi connectivity index (χ0) is 74.8. The Kier molecular flexibility index (Phi) is 22.0. The topological polar surface area (TPSA) is 394 Å². The Bertz CT molecular complexity index is 4670. The van der Waals surface area contributed by atoms with Gasteiger partial charge in [0.15, 0.2) is 16.9 Å². The fourth-order valence-electron chi connectivity index (χ4n) is 17.4. The van der Waals surface area contributed by atoms with E-state index in [9.17, 15) is 76.9 Å². The molecule has 7 aromatic rings. The highest BCUT2D eigenvalue weighted by Crippen LogP contribution is 2.75. The Balaban J connectivity index is 0.686. The third-order valence-corrected chi connectivity index (χ3v) is 22.4. The Hall–Kier alpha value is -9.62. The number of thiazole rings is 1. The van der Waals surface area contributed by atoms with Crippen LogP contribution in [0, 0.1) is 28.6 Å². The van der Waals surface area contributed by atoms with Crippen LogP contribution in [0.4, 0.5) is 15.6 Å². The first-order valence-electron chi connectivity index (χ1n) is 35.1. The van der Waals surface area contributed by atoms with Crippen LogP contribution in [0.25, 0.3) is 49.4 Å². The van der Waals surface area contributed by atoms with Gasteiger partial charge in [0.25, 0.3) is 27.8 Å². The van der Waals surface area contributed by atoms with Gasteiger partial charge in [0, 0.05) is 85.5 Å². The molecule has 4 saturated carbocycles. The summed E-state index contributed by atoms with van der Waals surface area (Å²) in [7, 11) is -4.51. The minimum absolute atomic E-state index is 0.0115. The summed E-state index contributed by atoms with van der Waals surface area (Å²) in [6.45, 7) is 6.88. The lowest BCUT2D eigenvalue weighted by Gasteiger charge is -2.70. The maximum absolute atomic E-state index is 13.9. The average molecular weight is 1480 g/mol. The van der Waals surface area contributed by atoms with Gasteiger partial charge in [0.2, 0.25) is 12.2 Å². The molecule has 4 bridgehead atoms. The number of imide groups is 1. The zero-order valence-corrected chi connectivity index (χ0v) is 59.9.